The van der Waals surface area contributed by atoms with Crippen LogP contribution >= 0.6 is 0 Å². The molecule has 34 heavy (non-hydrogen) atoms. The number of benzene rings is 2. The van der Waals surface area contributed by atoms with Gasteiger partial charge in [-0.2, -0.15) is 0 Å². The number of amides is 1. The average Bonchev–Trinajstić information content (AvgIpc) is 3.21. The number of piperidine rings is 1. The molecular weight excluding hydrogens is 428 g/mol. The lowest BCUT2D eigenvalue weighted by Gasteiger charge is -2.26. The fourth-order valence-corrected chi connectivity index (χ4v) is 4.24. The van der Waals surface area contributed by atoms with E-state index < -0.39 is 0 Å². The molecule has 1 saturated heterocycles. The summed E-state index contributed by atoms with van der Waals surface area (Å²) in [5.41, 5.74) is 9.80. The molecule has 0 unspecified atom stereocenters. The highest BCUT2D eigenvalue weighted by Crippen LogP contribution is 2.26. The first-order valence-electron chi connectivity index (χ1n) is 11.6. The summed E-state index contributed by atoms with van der Waals surface area (Å²) in [6, 6.07) is 16.9. The van der Waals surface area contributed by atoms with Crippen molar-refractivity contribution in [2.75, 3.05) is 24.1 Å². The minimum atomic E-state index is -0.144. The van der Waals surface area contributed by atoms with Crippen LogP contribution in [0.5, 0.6) is 11.6 Å². The Hall–Kier alpha value is -3.91. The number of carbonyl (C=O) groups is 1. The molecule has 0 saturated carbocycles. The van der Waals surface area contributed by atoms with Gasteiger partial charge in [0, 0.05) is 29.9 Å². The lowest BCUT2D eigenvalue weighted by Crippen LogP contribution is -2.29. The SMILES string of the molecule is Cc1ccc(Oc2ccc3nc(N)cn3n2)cc1NC(=O)c1cccc(CN2CCCCC2)c1. The lowest BCUT2D eigenvalue weighted by molar-refractivity contribution is 0.102. The highest BCUT2D eigenvalue weighted by molar-refractivity contribution is 6.04. The Kier molecular flexibility index (Phi) is 6.14. The minimum Gasteiger partial charge on any atom is -0.438 e. The van der Waals surface area contributed by atoms with E-state index in [-0.39, 0.29) is 5.91 Å². The number of nitrogens with one attached hydrogen (secondary N) is 1. The van der Waals surface area contributed by atoms with Gasteiger partial charge < -0.3 is 15.8 Å². The number of hydrogen-bond acceptors (Lipinski definition) is 6. The first-order chi connectivity index (χ1) is 16.5. The molecule has 2 aromatic heterocycles. The summed E-state index contributed by atoms with van der Waals surface area (Å²) in [7, 11) is 0. The van der Waals surface area contributed by atoms with Crippen LogP contribution in [0.1, 0.15) is 40.7 Å². The molecule has 0 aliphatic carbocycles. The number of nitrogens with zero attached hydrogens (tertiary/aromatic N) is 4. The molecule has 2 aromatic carbocycles. The Labute approximate surface area is 198 Å². The number of imidazole rings is 1. The number of nitrogen functional groups attached to an aromatic ring is 1. The van der Waals surface area contributed by atoms with Gasteiger partial charge in [0.15, 0.2) is 5.65 Å². The zero-order valence-electron chi connectivity index (χ0n) is 19.2. The Morgan fingerprint density at radius 3 is 2.79 bits per heavy atom. The second-order valence-corrected chi connectivity index (χ2v) is 8.71. The smallest absolute Gasteiger partial charge is 0.255 e. The number of aromatic nitrogens is 3. The van der Waals surface area contributed by atoms with Gasteiger partial charge in [-0.05, 0) is 68.2 Å². The molecule has 1 aliphatic heterocycles. The van der Waals surface area contributed by atoms with E-state index >= 15 is 0 Å². The van der Waals surface area contributed by atoms with Gasteiger partial charge in [0.1, 0.15) is 11.6 Å². The van der Waals surface area contributed by atoms with Crippen LogP contribution in [-0.2, 0) is 6.54 Å². The van der Waals surface area contributed by atoms with Crippen molar-refractivity contribution in [3.05, 3.63) is 77.5 Å². The minimum absolute atomic E-state index is 0.144. The summed E-state index contributed by atoms with van der Waals surface area (Å²) in [4.78, 5) is 19.6. The molecule has 0 spiro atoms. The van der Waals surface area contributed by atoms with Gasteiger partial charge in [0.2, 0.25) is 5.88 Å². The van der Waals surface area contributed by atoms with Crippen molar-refractivity contribution < 1.29 is 9.53 Å². The van der Waals surface area contributed by atoms with Crippen molar-refractivity contribution in [2.45, 2.75) is 32.7 Å². The third-order valence-corrected chi connectivity index (χ3v) is 6.04. The molecule has 8 nitrogen and oxygen atoms in total. The van der Waals surface area contributed by atoms with Gasteiger partial charge in [-0.15, -0.1) is 5.10 Å². The van der Waals surface area contributed by atoms with Crippen LogP contribution in [-0.4, -0.2) is 38.5 Å². The average molecular weight is 457 g/mol. The highest BCUT2D eigenvalue weighted by Gasteiger charge is 2.13. The van der Waals surface area contributed by atoms with Gasteiger partial charge >= 0.3 is 0 Å². The topological polar surface area (TPSA) is 97.8 Å². The molecule has 0 radical (unpaired) electrons. The Morgan fingerprint density at radius 1 is 1.09 bits per heavy atom. The molecule has 0 bridgehead atoms. The van der Waals surface area contributed by atoms with E-state index in [1.807, 2.05) is 37.3 Å². The number of fused-ring (bicyclic) bond motifs is 1. The van der Waals surface area contributed by atoms with Crippen molar-refractivity contribution in [1.29, 1.82) is 0 Å². The predicted octanol–water partition coefficient (Wildman–Crippen LogP) is 4.65. The maximum absolute atomic E-state index is 13.0. The first kappa shape index (κ1) is 21.9. The van der Waals surface area contributed by atoms with Gasteiger partial charge in [0.25, 0.3) is 5.91 Å². The molecule has 174 valence electrons. The summed E-state index contributed by atoms with van der Waals surface area (Å²) in [6.45, 7) is 5.07. The zero-order valence-corrected chi connectivity index (χ0v) is 19.2. The lowest BCUT2D eigenvalue weighted by atomic mass is 10.1. The molecule has 8 heteroatoms. The number of anilines is 2. The first-order valence-corrected chi connectivity index (χ1v) is 11.6. The van der Waals surface area contributed by atoms with Crippen molar-refractivity contribution in [3.8, 4) is 11.6 Å². The molecule has 3 N–H and O–H groups in total. The third kappa shape index (κ3) is 5.02. The standard InChI is InChI=1S/C26H28N6O2/c1-18-8-9-21(34-25-11-10-24-29-23(27)17-32(24)30-25)15-22(18)28-26(33)20-7-5-6-19(14-20)16-31-12-3-2-4-13-31/h5-11,14-15,17H,2-4,12-13,16,27H2,1H3,(H,28,33). The quantitative estimate of drug-likeness (QED) is 0.438. The number of rotatable bonds is 6. The summed E-state index contributed by atoms with van der Waals surface area (Å²) >= 11 is 0. The van der Waals surface area contributed by atoms with Crippen molar-refractivity contribution in [3.63, 3.8) is 0 Å². The van der Waals surface area contributed by atoms with Crippen LogP contribution in [0, 0.1) is 6.92 Å². The van der Waals surface area contributed by atoms with Gasteiger partial charge in [-0.3, -0.25) is 9.69 Å². The van der Waals surface area contributed by atoms with E-state index in [1.165, 1.54) is 19.3 Å². The number of carbonyl (C=O) groups excluding carboxylic acids is 1. The molecular formula is C26H28N6O2. The van der Waals surface area contributed by atoms with Crippen LogP contribution in [0.2, 0.25) is 0 Å². The van der Waals surface area contributed by atoms with Gasteiger partial charge in [0.05, 0.1) is 6.20 Å². The Balaban J connectivity index is 1.29. The number of likely N-dealkylation sites (tertiary alicyclic amines) is 1. The summed E-state index contributed by atoms with van der Waals surface area (Å²) in [5.74, 6) is 1.22. The molecule has 1 fully saturated rings. The van der Waals surface area contributed by atoms with E-state index in [4.69, 9.17) is 10.5 Å². The maximum Gasteiger partial charge on any atom is 0.255 e. The highest BCUT2D eigenvalue weighted by atomic mass is 16.5. The van der Waals surface area contributed by atoms with Gasteiger partial charge in [-0.25, -0.2) is 9.50 Å². The van der Waals surface area contributed by atoms with E-state index in [2.05, 4.69) is 26.4 Å². The molecule has 3 heterocycles. The summed E-state index contributed by atoms with van der Waals surface area (Å²) in [5, 5.41) is 7.40. The molecule has 4 aromatic rings. The predicted molar refractivity (Wildman–Crippen MR) is 132 cm³/mol. The second-order valence-electron chi connectivity index (χ2n) is 8.71. The van der Waals surface area contributed by atoms with Crippen molar-refractivity contribution in [2.24, 2.45) is 0 Å². The van der Waals surface area contributed by atoms with Crippen molar-refractivity contribution in [1.82, 2.24) is 19.5 Å². The van der Waals surface area contributed by atoms with Gasteiger partial charge in [-0.1, -0.05) is 24.6 Å². The number of nitrogens with two attached hydrogens (primary N) is 1. The molecule has 1 amide bonds. The van der Waals surface area contributed by atoms with E-state index in [9.17, 15) is 4.79 Å². The number of hydrogen-bond donors (Lipinski definition) is 2. The van der Waals surface area contributed by atoms with Crippen LogP contribution in [0.4, 0.5) is 11.5 Å². The van der Waals surface area contributed by atoms with E-state index in [1.54, 1.807) is 28.9 Å². The van der Waals surface area contributed by atoms with Crippen molar-refractivity contribution >= 4 is 23.1 Å². The molecule has 5 rings (SSSR count). The van der Waals surface area contributed by atoms with Crippen LogP contribution in [0.3, 0.4) is 0 Å². The fourth-order valence-electron chi connectivity index (χ4n) is 4.24. The van der Waals surface area contributed by atoms with E-state index in [0.717, 1.165) is 30.8 Å². The number of aryl methyl sites for hydroxylation is 1. The largest absolute Gasteiger partial charge is 0.438 e. The normalized spacial score (nSPS) is 14.3. The fraction of sp³-hybridized carbons (Fsp3) is 0.269. The van der Waals surface area contributed by atoms with Crippen LogP contribution < -0.4 is 15.8 Å². The second kappa shape index (κ2) is 9.52. The Bertz CT molecular complexity index is 1330. The summed E-state index contributed by atoms with van der Waals surface area (Å²) < 4.78 is 7.49. The maximum atomic E-state index is 13.0. The summed E-state index contributed by atoms with van der Waals surface area (Å²) in [6.07, 6.45) is 5.43. The van der Waals surface area contributed by atoms with Crippen LogP contribution in [0.15, 0.2) is 60.8 Å². The monoisotopic (exact) mass is 456 g/mol. The van der Waals surface area contributed by atoms with Crippen LogP contribution in [0.25, 0.3) is 5.65 Å². The molecule has 1 aliphatic rings. The zero-order chi connectivity index (χ0) is 23.5. The number of ether oxygens (including phenoxy) is 1. The Morgan fingerprint density at radius 2 is 1.94 bits per heavy atom. The molecule has 0 atom stereocenters. The third-order valence-electron chi connectivity index (χ3n) is 6.04. The van der Waals surface area contributed by atoms with E-state index in [0.29, 0.717) is 34.3 Å².